The van der Waals surface area contributed by atoms with Crippen LogP contribution in [0, 0.1) is 13.8 Å². The van der Waals surface area contributed by atoms with Gasteiger partial charge < -0.3 is 14.2 Å². The average Bonchev–Trinajstić information content (AvgIpc) is 3.27. The highest BCUT2D eigenvalue weighted by Crippen LogP contribution is 2.38. The zero-order valence-electron chi connectivity index (χ0n) is 17.4. The first kappa shape index (κ1) is 19.8. The molecule has 0 saturated carbocycles. The molecular formula is C24H23NO5. The van der Waals surface area contributed by atoms with E-state index < -0.39 is 5.97 Å². The Morgan fingerprint density at radius 3 is 2.57 bits per heavy atom. The molecule has 0 radical (unpaired) electrons. The van der Waals surface area contributed by atoms with Gasteiger partial charge in [0.15, 0.2) is 11.5 Å². The molecule has 2 aromatic carbocycles. The van der Waals surface area contributed by atoms with Crippen molar-refractivity contribution in [1.29, 1.82) is 0 Å². The van der Waals surface area contributed by atoms with E-state index in [0.29, 0.717) is 22.8 Å². The van der Waals surface area contributed by atoms with Gasteiger partial charge in [-0.05, 0) is 74.7 Å². The number of aryl methyl sites for hydroxylation is 2. The predicted molar refractivity (Wildman–Crippen MR) is 113 cm³/mol. The lowest BCUT2D eigenvalue weighted by atomic mass is 10.0. The molecule has 0 aliphatic carbocycles. The van der Waals surface area contributed by atoms with Crippen molar-refractivity contribution < 1.29 is 23.8 Å². The third kappa shape index (κ3) is 3.34. The number of benzene rings is 2. The second-order valence-corrected chi connectivity index (χ2v) is 7.26. The van der Waals surface area contributed by atoms with Gasteiger partial charge in [-0.15, -0.1) is 0 Å². The molecule has 0 saturated heterocycles. The van der Waals surface area contributed by atoms with Crippen molar-refractivity contribution in [2.24, 2.45) is 0 Å². The molecule has 0 N–H and O–H groups in total. The SMILES string of the molecule is CCOC(=O)C1=C(C)N(c2ccc(C)c(C)c2)C(=O)C1=Cc1ccc2c(c1)OCO2. The molecule has 6 nitrogen and oxygen atoms in total. The van der Waals surface area contributed by atoms with Gasteiger partial charge in [0.25, 0.3) is 5.91 Å². The largest absolute Gasteiger partial charge is 0.462 e. The molecular weight excluding hydrogens is 382 g/mol. The molecule has 0 bridgehead atoms. The summed E-state index contributed by atoms with van der Waals surface area (Å²) in [5, 5.41) is 0. The summed E-state index contributed by atoms with van der Waals surface area (Å²) >= 11 is 0. The van der Waals surface area contributed by atoms with E-state index in [0.717, 1.165) is 22.4 Å². The highest BCUT2D eigenvalue weighted by Gasteiger charge is 2.38. The molecule has 0 unspecified atom stereocenters. The summed E-state index contributed by atoms with van der Waals surface area (Å²) < 4.78 is 16.0. The smallest absolute Gasteiger partial charge is 0.340 e. The van der Waals surface area contributed by atoms with Crippen LogP contribution in [0.15, 0.2) is 53.2 Å². The predicted octanol–water partition coefficient (Wildman–Crippen LogP) is 4.30. The number of carbonyl (C=O) groups is 2. The third-order valence-electron chi connectivity index (χ3n) is 5.34. The summed E-state index contributed by atoms with van der Waals surface area (Å²) in [5.74, 6) is 0.487. The Kier molecular flexibility index (Phi) is 5.08. The molecule has 154 valence electrons. The van der Waals surface area contributed by atoms with Crippen LogP contribution >= 0.6 is 0 Å². The summed E-state index contributed by atoms with van der Waals surface area (Å²) in [6.07, 6.45) is 1.70. The van der Waals surface area contributed by atoms with Crippen molar-refractivity contribution in [3.05, 3.63) is 69.9 Å². The maximum Gasteiger partial charge on any atom is 0.340 e. The van der Waals surface area contributed by atoms with Crippen LogP contribution in [0.3, 0.4) is 0 Å². The molecule has 2 aliphatic rings. The van der Waals surface area contributed by atoms with Crippen molar-refractivity contribution in [3.63, 3.8) is 0 Å². The van der Waals surface area contributed by atoms with Crippen LogP contribution in [0.25, 0.3) is 6.08 Å². The maximum atomic E-state index is 13.4. The zero-order valence-corrected chi connectivity index (χ0v) is 17.4. The standard InChI is InChI=1S/C24H23NO5/c1-5-28-24(27)22-16(4)25(18-8-6-14(2)15(3)10-18)23(26)19(22)11-17-7-9-20-21(12-17)30-13-29-20/h6-12H,5,13H2,1-4H3. The zero-order chi connectivity index (χ0) is 21.4. The molecule has 0 aromatic heterocycles. The van der Waals surface area contributed by atoms with Crippen molar-refractivity contribution in [1.82, 2.24) is 0 Å². The monoisotopic (exact) mass is 405 g/mol. The minimum Gasteiger partial charge on any atom is -0.462 e. The first-order valence-electron chi connectivity index (χ1n) is 9.82. The van der Waals surface area contributed by atoms with Gasteiger partial charge in [0.2, 0.25) is 6.79 Å². The second-order valence-electron chi connectivity index (χ2n) is 7.26. The highest BCUT2D eigenvalue weighted by atomic mass is 16.7. The second kappa shape index (κ2) is 7.71. The van der Waals surface area contributed by atoms with E-state index in [4.69, 9.17) is 14.2 Å². The van der Waals surface area contributed by atoms with Gasteiger partial charge in [0.1, 0.15) is 0 Å². The number of anilines is 1. The number of amides is 1. The van der Waals surface area contributed by atoms with Crippen molar-refractivity contribution >= 4 is 23.6 Å². The topological polar surface area (TPSA) is 65.1 Å². The molecule has 0 spiro atoms. The van der Waals surface area contributed by atoms with E-state index in [1.54, 1.807) is 37.0 Å². The van der Waals surface area contributed by atoms with Crippen molar-refractivity contribution in [2.75, 3.05) is 18.3 Å². The van der Waals surface area contributed by atoms with E-state index in [-0.39, 0.29) is 24.9 Å². The molecule has 2 aliphatic heterocycles. The van der Waals surface area contributed by atoms with Crippen LogP contribution in [-0.4, -0.2) is 25.3 Å². The third-order valence-corrected chi connectivity index (χ3v) is 5.34. The Labute approximate surface area is 175 Å². The van der Waals surface area contributed by atoms with Crippen LogP contribution in [0.1, 0.15) is 30.5 Å². The Morgan fingerprint density at radius 1 is 1.07 bits per heavy atom. The number of esters is 1. The van der Waals surface area contributed by atoms with Crippen molar-refractivity contribution in [3.8, 4) is 11.5 Å². The van der Waals surface area contributed by atoms with Crippen LogP contribution in [-0.2, 0) is 14.3 Å². The molecule has 0 atom stereocenters. The van der Waals surface area contributed by atoms with Gasteiger partial charge in [0.05, 0.1) is 17.8 Å². The Bertz CT molecular complexity index is 1110. The van der Waals surface area contributed by atoms with Gasteiger partial charge in [-0.25, -0.2) is 4.79 Å². The van der Waals surface area contributed by atoms with E-state index >= 15 is 0 Å². The van der Waals surface area contributed by atoms with Crippen LogP contribution < -0.4 is 14.4 Å². The molecule has 1 amide bonds. The van der Waals surface area contributed by atoms with Crippen LogP contribution in [0.5, 0.6) is 11.5 Å². The number of rotatable bonds is 4. The van der Waals surface area contributed by atoms with E-state index in [1.165, 1.54) is 0 Å². The van der Waals surface area contributed by atoms with Gasteiger partial charge in [0, 0.05) is 11.4 Å². The summed E-state index contributed by atoms with van der Waals surface area (Å²) in [5.41, 5.74) is 4.78. The normalized spacial score (nSPS) is 16.6. The average molecular weight is 405 g/mol. The summed E-state index contributed by atoms with van der Waals surface area (Å²) in [7, 11) is 0. The first-order valence-corrected chi connectivity index (χ1v) is 9.82. The van der Waals surface area contributed by atoms with E-state index in [2.05, 4.69) is 0 Å². The fourth-order valence-corrected chi connectivity index (χ4v) is 3.63. The van der Waals surface area contributed by atoms with Crippen LogP contribution in [0.4, 0.5) is 5.69 Å². The number of hydrogen-bond donors (Lipinski definition) is 0. The molecule has 4 rings (SSSR count). The molecule has 0 fully saturated rings. The van der Waals surface area contributed by atoms with E-state index in [9.17, 15) is 9.59 Å². The molecule has 30 heavy (non-hydrogen) atoms. The maximum absolute atomic E-state index is 13.4. The molecule has 2 aromatic rings. The lowest BCUT2D eigenvalue weighted by Crippen LogP contribution is -2.24. The quantitative estimate of drug-likeness (QED) is 0.561. The van der Waals surface area contributed by atoms with Gasteiger partial charge in [-0.3, -0.25) is 9.69 Å². The lowest BCUT2D eigenvalue weighted by molar-refractivity contribution is -0.138. The number of fused-ring (bicyclic) bond motifs is 1. The van der Waals surface area contributed by atoms with Gasteiger partial charge in [-0.1, -0.05) is 12.1 Å². The molecule has 6 heteroatoms. The molecule has 2 heterocycles. The summed E-state index contributed by atoms with van der Waals surface area (Å²) in [4.78, 5) is 27.7. The number of nitrogens with zero attached hydrogens (tertiary/aromatic N) is 1. The minimum absolute atomic E-state index is 0.169. The number of hydrogen-bond acceptors (Lipinski definition) is 5. The Morgan fingerprint density at radius 2 is 1.83 bits per heavy atom. The fourth-order valence-electron chi connectivity index (χ4n) is 3.63. The minimum atomic E-state index is -0.512. The van der Waals surface area contributed by atoms with Gasteiger partial charge in [-0.2, -0.15) is 0 Å². The Balaban J connectivity index is 1.81. The summed E-state index contributed by atoms with van der Waals surface area (Å²) in [6, 6.07) is 11.2. The number of ether oxygens (including phenoxy) is 3. The first-order chi connectivity index (χ1) is 14.4. The fraction of sp³-hybridized carbons (Fsp3) is 0.250. The highest BCUT2D eigenvalue weighted by molar-refractivity contribution is 6.23. The number of carbonyl (C=O) groups excluding carboxylic acids is 2. The van der Waals surface area contributed by atoms with Gasteiger partial charge >= 0.3 is 5.97 Å². The summed E-state index contributed by atoms with van der Waals surface area (Å²) in [6.45, 7) is 7.91. The van der Waals surface area contributed by atoms with Crippen LogP contribution in [0.2, 0.25) is 0 Å². The van der Waals surface area contributed by atoms with Crippen molar-refractivity contribution in [2.45, 2.75) is 27.7 Å². The lowest BCUT2D eigenvalue weighted by Gasteiger charge is -2.19. The number of allylic oxidation sites excluding steroid dienone is 1. The Hall–Kier alpha value is -3.54. The van der Waals surface area contributed by atoms with E-state index in [1.807, 2.05) is 38.1 Å².